The van der Waals surface area contributed by atoms with E-state index in [9.17, 15) is 9.59 Å². The Labute approximate surface area is 211 Å². The molecule has 2 aromatic rings. The van der Waals surface area contributed by atoms with Crippen LogP contribution in [0.5, 0.6) is 5.75 Å². The molecule has 0 spiro atoms. The van der Waals surface area contributed by atoms with Gasteiger partial charge in [-0.1, -0.05) is 55.3 Å². The van der Waals surface area contributed by atoms with Crippen LogP contribution >= 0.6 is 11.8 Å². The number of hydrogen-bond acceptors (Lipinski definition) is 5. The van der Waals surface area contributed by atoms with Crippen LogP contribution in [0.4, 0.5) is 5.69 Å². The number of anilines is 1. The van der Waals surface area contributed by atoms with Crippen molar-refractivity contribution in [3.8, 4) is 5.75 Å². The van der Waals surface area contributed by atoms with Gasteiger partial charge in [-0.15, -0.1) is 11.8 Å². The molecule has 1 saturated carbocycles. The molecule has 2 unspecified atom stereocenters. The third kappa shape index (κ3) is 5.20. The molecular weight excluding hydrogens is 458 g/mol. The second-order valence-corrected chi connectivity index (χ2v) is 10.7. The lowest BCUT2D eigenvalue weighted by molar-refractivity contribution is -0.140. The molecule has 2 amide bonds. The van der Waals surface area contributed by atoms with Crippen molar-refractivity contribution in [2.24, 2.45) is 0 Å². The highest BCUT2D eigenvalue weighted by Gasteiger charge is 2.41. The fourth-order valence-electron chi connectivity index (χ4n) is 5.40. The predicted octanol–water partition coefficient (Wildman–Crippen LogP) is 4.27. The molecule has 0 radical (unpaired) electrons. The van der Waals surface area contributed by atoms with Crippen LogP contribution < -0.4 is 9.64 Å². The fraction of sp³-hybridized carbons (Fsp3) is 0.429. The summed E-state index contributed by atoms with van der Waals surface area (Å²) in [4.78, 5) is 33.8. The van der Waals surface area contributed by atoms with Gasteiger partial charge >= 0.3 is 0 Å². The SMILES string of the molecule is COc1ccccc1N1CCN(C(=O)CN2C(=O)/C(=C/c3ccccc3)SC3CCCCC32)CC1. The first-order valence-electron chi connectivity index (χ1n) is 12.5. The number of thioether (sulfide) groups is 1. The quantitative estimate of drug-likeness (QED) is 0.585. The third-order valence-electron chi connectivity index (χ3n) is 7.28. The van der Waals surface area contributed by atoms with Gasteiger partial charge in [-0.2, -0.15) is 0 Å². The number of rotatable bonds is 5. The molecule has 2 aliphatic heterocycles. The maximum absolute atomic E-state index is 13.6. The summed E-state index contributed by atoms with van der Waals surface area (Å²) in [6.45, 7) is 2.96. The fourth-order valence-corrected chi connectivity index (χ4v) is 6.87. The van der Waals surface area contributed by atoms with Crippen LogP contribution in [0.3, 0.4) is 0 Å². The van der Waals surface area contributed by atoms with Crippen LogP contribution in [0.25, 0.3) is 6.08 Å². The lowest BCUT2D eigenvalue weighted by Gasteiger charge is -2.45. The Kier molecular flexibility index (Phi) is 7.32. The summed E-state index contributed by atoms with van der Waals surface area (Å²) in [5, 5.41) is 0.367. The van der Waals surface area contributed by atoms with E-state index in [0.29, 0.717) is 18.3 Å². The summed E-state index contributed by atoms with van der Waals surface area (Å²) in [6, 6.07) is 18.1. The van der Waals surface area contributed by atoms with Gasteiger partial charge in [-0.3, -0.25) is 9.59 Å². The zero-order valence-electron chi connectivity index (χ0n) is 20.3. The number of hydrogen-bond donors (Lipinski definition) is 0. The third-order valence-corrected chi connectivity index (χ3v) is 8.68. The number of methoxy groups -OCH3 is 1. The van der Waals surface area contributed by atoms with Gasteiger partial charge in [0.1, 0.15) is 12.3 Å². The standard InChI is InChI=1S/C28H33N3O3S/c1-34-24-13-7-5-11-22(24)29-15-17-30(18-16-29)27(32)20-31-23-12-6-8-14-25(23)35-26(28(31)33)19-21-9-3-2-4-10-21/h2-5,7,9-11,13,19,23,25H,6,8,12,14-18,20H2,1H3/b26-19-. The highest BCUT2D eigenvalue weighted by Crippen LogP contribution is 2.42. The Bertz CT molecular complexity index is 1080. The number of amides is 2. The molecule has 35 heavy (non-hydrogen) atoms. The van der Waals surface area contributed by atoms with Crippen molar-refractivity contribution in [1.82, 2.24) is 9.80 Å². The van der Waals surface area contributed by atoms with Gasteiger partial charge in [-0.25, -0.2) is 0 Å². The Morgan fingerprint density at radius 3 is 2.49 bits per heavy atom. The first-order chi connectivity index (χ1) is 17.1. The minimum atomic E-state index is 0.00279. The zero-order valence-corrected chi connectivity index (χ0v) is 21.1. The summed E-state index contributed by atoms with van der Waals surface area (Å²) in [7, 11) is 1.69. The topological polar surface area (TPSA) is 53.1 Å². The van der Waals surface area contributed by atoms with Crippen LogP contribution in [0.15, 0.2) is 59.5 Å². The van der Waals surface area contributed by atoms with E-state index in [1.54, 1.807) is 18.9 Å². The largest absolute Gasteiger partial charge is 0.495 e. The molecule has 1 aliphatic carbocycles. The van der Waals surface area contributed by atoms with E-state index in [-0.39, 0.29) is 24.4 Å². The van der Waals surface area contributed by atoms with E-state index in [1.807, 2.05) is 64.4 Å². The Hall–Kier alpha value is -2.93. The first-order valence-corrected chi connectivity index (χ1v) is 13.4. The second-order valence-electron chi connectivity index (χ2n) is 9.40. The molecule has 6 nitrogen and oxygen atoms in total. The number of carbonyl (C=O) groups excluding carboxylic acids is 2. The lowest BCUT2D eigenvalue weighted by atomic mass is 9.93. The average Bonchev–Trinajstić information content (AvgIpc) is 2.91. The molecular formula is C28H33N3O3S. The van der Waals surface area contributed by atoms with Crippen molar-refractivity contribution in [3.05, 3.63) is 65.1 Å². The van der Waals surface area contributed by atoms with E-state index in [1.165, 1.54) is 6.42 Å². The molecule has 0 N–H and O–H groups in total. The van der Waals surface area contributed by atoms with Gasteiger partial charge in [-0.05, 0) is 36.6 Å². The highest BCUT2D eigenvalue weighted by molar-refractivity contribution is 8.04. The van der Waals surface area contributed by atoms with Crippen molar-refractivity contribution in [1.29, 1.82) is 0 Å². The molecule has 2 saturated heterocycles. The van der Waals surface area contributed by atoms with Crippen LogP contribution in [0.2, 0.25) is 0 Å². The molecule has 5 rings (SSSR count). The Balaban J connectivity index is 1.27. The number of piperazine rings is 1. The van der Waals surface area contributed by atoms with E-state index in [4.69, 9.17) is 4.74 Å². The normalized spacial score (nSPS) is 23.9. The van der Waals surface area contributed by atoms with Crippen molar-refractivity contribution >= 4 is 35.3 Å². The van der Waals surface area contributed by atoms with Crippen molar-refractivity contribution < 1.29 is 14.3 Å². The summed E-state index contributed by atoms with van der Waals surface area (Å²) >= 11 is 1.71. The van der Waals surface area contributed by atoms with E-state index >= 15 is 0 Å². The van der Waals surface area contributed by atoms with Crippen LogP contribution in [0.1, 0.15) is 31.2 Å². The maximum atomic E-state index is 13.6. The monoisotopic (exact) mass is 491 g/mol. The van der Waals surface area contributed by atoms with Gasteiger partial charge in [0.25, 0.3) is 5.91 Å². The van der Waals surface area contributed by atoms with Crippen LogP contribution in [-0.4, -0.2) is 72.7 Å². The van der Waals surface area contributed by atoms with E-state index in [0.717, 1.165) is 54.3 Å². The number of para-hydroxylation sites is 2. The minimum absolute atomic E-state index is 0.00279. The second kappa shape index (κ2) is 10.8. The maximum Gasteiger partial charge on any atom is 0.261 e. The molecule has 0 aromatic heterocycles. The summed E-state index contributed by atoms with van der Waals surface area (Å²) in [5.41, 5.74) is 2.09. The van der Waals surface area contributed by atoms with Crippen molar-refractivity contribution in [2.45, 2.75) is 37.0 Å². The summed E-state index contributed by atoms with van der Waals surface area (Å²) in [5.74, 6) is 0.904. The summed E-state index contributed by atoms with van der Waals surface area (Å²) in [6.07, 6.45) is 6.37. The molecule has 2 aromatic carbocycles. The van der Waals surface area contributed by atoms with Crippen LogP contribution in [0, 0.1) is 0 Å². The molecule has 2 atom stereocenters. The molecule has 2 heterocycles. The lowest BCUT2D eigenvalue weighted by Crippen LogP contribution is -2.57. The highest BCUT2D eigenvalue weighted by atomic mass is 32.2. The number of carbonyl (C=O) groups is 2. The Morgan fingerprint density at radius 1 is 1.00 bits per heavy atom. The van der Waals surface area contributed by atoms with E-state index in [2.05, 4.69) is 11.0 Å². The van der Waals surface area contributed by atoms with Crippen molar-refractivity contribution in [2.75, 3.05) is 44.7 Å². The van der Waals surface area contributed by atoms with Crippen molar-refractivity contribution in [3.63, 3.8) is 0 Å². The Morgan fingerprint density at radius 2 is 1.71 bits per heavy atom. The van der Waals surface area contributed by atoms with Crippen LogP contribution in [-0.2, 0) is 9.59 Å². The first kappa shape index (κ1) is 23.8. The predicted molar refractivity (Wildman–Crippen MR) is 142 cm³/mol. The van der Waals surface area contributed by atoms with E-state index < -0.39 is 0 Å². The molecule has 0 bridgehead atoms. The number of fused-ring (bicyclic) bond motifs is 1. The van der Waals surface area contributed by atoms with Gasteiger partial charge in [0.05, 0.1) is 17.7 Å². The summed E-state index contributed by atoms with van der Waals surface area (Å²) < 4.78 is 5.51. The minimum Gasteiger partial charge on any atom is -0.495 e. The number of benzene rings is 2. The zero-order chi connectivity index (χ0) is 24.2. The average molecular weight is 492 g/mol. The van der Waals surface area contributed by atoms with Gasteiger partial charge in [0, 0.05) is 37.5 Å². The molecule has 7 heteroatoms. The van der Waals surface area contributed by atoms with Gasteiger partial charge < -0.3 is 19.4 Å². The van der Waals surface area contributed by atoms with Gasteiger partial charge in [0.2, 0.25) is 5.91 Å². The smallest absolute Gasteiger partial charge is 0.261 e. The van der Waals surface area contributed by atoms with Gasteiger partial charge in [0.15, 0.2) is 0 Å². The number of ether oxygens (including phenoxy) is 1. The molecule has 3 fully saturated rings. The number of nitrogens with zero attached hydrogens (tertiary/aromatic N) is 3. The molecule has 3 aliphatic rings. The molecule has 184 valence electrons.